The largest absolute Gasteiger partial charge is 0.380 e. The van der Waals surface area contributed by atoms with E-state index in [1.54, 1.807) is 11.3 Å². The second-order valence-electron chi connectivity index (χ2n) is 3.81. The molecule has 4 nitrogen and oxygen atoms in total. The molecule has 100 valence electrons. The molecule has 0 aromatic carbocycles. The van der Waals surface area contributed by atoms with Gasteiger partial charge in [-0.25, -0.2) is 0 Å². The predicted octanol–water partition coefficient (Wildman–Crippen LogP) is 2.39. The SMILES string of the molecule is C=CCCOCCNCc1sccc1NC(C)=O. The van der Waals surface area contributed by atoms with Gasteiger partial charge in [0.25, 0.3) is 0 Å². The summed E-state index contributed by atoms with van der Waals surface area (Å²) in [5.74, 6) is -0.0394. The molecule has 0 aliphatic carbocycles. The quantitative estimate of drug-likeness (QED) is 0.534. The Hall–Kier alpha value is -1.17. The standard InChI is InChI=1S/C13H20N2O2S/c1-3-4-7-17-8-6-14-10-13-12(5-9-18-13)15-11(2)16/h3,5,9,14H,1,4,6-8,10H2,2H3,(H,15,16). The average molecular weight is 268 g/mol. The Morgan fingerprint density at radius 1 is 1.56 bits per heavy atom. The average Bonchev–Trinajstić information content (AvgIpc) is 2.75. The first-order valence-electron chi connectivity index (χ1n) is 5.97. The Morgan fingerprint density at radius 3 is 3.11 bits per heavy atom. The van der Waals surface area contributed by atoms with Crippen LogP contribution < -0.4 is 10.6 Å². The van der Waals surface area contributed by atoms with E-state index in [1.807, 2.05) is 17.5 Å². The lowest BCUT2D eigenvalue weighted by molar-refractivity contribution is -0.114. The Balaban J connectivity index is 2.17. The van der Waals surface area contributed by atoms with Crippen LogP contribution in [0.2, 0.25) is 0 Å². The number of thiophene rings is 1. The fourth-order valence-corrected chi connectivity index (χ4v) is 2.19. The second-order valence-corrected chi connectivity index (χ2v) is 4.81. The van der Waals surface area contributed by atoms with Gasteiger partial charge in [0.15, 0.2) is 0 Å². The molecule has 0 atom stereocenters. The third-order valence-corrected chi connectivity index (χ3v) is 3.15. The maximum atomic E-state index is 11.0. The predicted molar refractivity (Wildman–Crippen MR) is 76.0 cm³/mol. The zero-order chi connectivity index (χ0) is 13.2. The fourth-order valence-electron chi connectivity index (χ4n) is 1.39. The van der Waals surface area contributed by atoms with Gasteiger partial charge in [0, 0.05) is 24.9 Å². The minimum atomic E-state index is -0.0394. The zero-order valence-electron chi connectivity index (χ0n) is 10.7. The van der Waals surface area contributed by atoms with Crippen LogP contribution in [0.5, 0.6) is 0 Å². The molecule has 1 rings (SSSR count). The number of nitrogens with one attached hydrogen (secondary N) is 2. The molecule has 0 radical (unpaired) electrons. The Bertz CT molecular complexity index is 377. The molecule has 0 saturated carbocycles. The molecule has 0 aliphatic rings. The molecule has 1 heterocycles. The monoisotopic (exact) mass is 268 g/mol. The fraction of sp³-hybridized carbons (Fsp3) is 0.462. The number of hydrogen-bond donors (Lipinski definition) is 2. The summed E-state index contributed by atoms with van der Waals surface area (Å²) >= 11 is 1.63. The summed E-state index contributed by atoms with van der Waals surface area (Å²) in [4.78, 5) is 12.1. The van der Waals surface area contributed by atoms with Crippen LogP contribution in [-0.4, -0.2) is 25.7 Å². The molecule has 0 bridgehead atoms. The molecular weight excluding hydrogens is 248 g/mol. The molecule has 5 heteroatoms. The third kappa shape index (κ3) is 5.95. The number of carbonyl (C=O) groups excluding carboxylic acids is 1. The smallest absolute Gasteiger partial charge is 0.221 e. The van der Waals surface area contributed by atoms with E-state index in [2.05, 4.69) is 17.2 Å². The molecule has 18 heavy (non-hydrogen) atoms. The van der Waals surface area contributed by atoms with Gasteiger partial charge in [-0.1, -0.05) is 6.08 Å². The Morgan fingerprint density at radius 2 is 2.39 bits per heavy atom. The summed E-state index contributed by atoms with van der Waals surface area (Å²) < 4.78 is 5.39. The van der Waals surface area contributed by atoms with Crippen LogP contribution in [0.25, 0.3) is 0 Å². The van der Waals surface area contributed by atoms with E-state index in [1.165, 1.54) is 6.92 Å². The van der Waals surface area contributed by atoms with Crippen molar-refractivity contribution < 1.29 is 9.53 Å². The Labute approximate surface area is 112 Å². The van der Waals surface area contributed by atoms with Gasteiger partial charge in [0.1, 0.15) is 0 Å². The Kier molecular flexibility index (Phi) is 7.32. The highest BCUT2D eigenvalue weighted by atomic mass is 32.1. The molecule has 0 fully saturated rings. The number of rotatable bonds is 9. The maximum absolute atomic E-state index is 11.0. The van der Waals surface area contributed by atoms with Crippen LogP contribution in [0, 0.1) is 0 Å². The van der Waals surface area contributed by atoms with Gasteiger partial charge in [0.2, 0.25) is 5.91 Å². The summed E-state index contributed by atoms with van der Waals surface area (Å²) in [5, 5.41) is 8.07. The summed E-state index contributed by atoms with van der Waals surface area (Å²) in [6.07, 6.45) is 2.73. The third-order valence-electron chi connectivity index (χ3n) is 2.23. The van der Waals surface area contributed by atoms with Crippen molar-refractivity contribution in [3.8, 4) is 0 Å². The van der Waals surface area contributed by atoms with Crippen LogP contribution in [-0.2, 0) is 16.1 Å². The van der Waals surface area contributed by atoms with Gasteiger partial charge >= 0.3 is 0 Å². The van der Waals surface area contributed by atoms with Crippen LogP contribution in [0.4, 0.5) is 5.69 Å². The number of carbonyl (C=O) groups is 1. The molecule has 0 unspecified atom stereocenters. The van der Waals surface area contributed by atoms with Crippen molar-refractivity contribution in [1.29, 1.82) is 0 Å². The van der Waals surface area contributed by atoms with E-state index in [9.17, 15) is 4.79 Å². The van der Waals surface area contributed by atoms with E-state index < -0.39 is 0 Å². The first-order valence-corrected chi connectivity index (χ1v) is 6.85. The van der Waals surface area contributed by atoms with E-state index in [-0.39, 0.29) is 5.91 Å². The maximum Gasteiger partial charge on any atom is 0.221 e. The number of anilines is 1. The molecular formula is C13H20N2O2S. The molecule has 1 aromatic rings. The van der Waals surface area contributed by atoms with Crippen molar-refractivity contribution in [2.45, 2.75) is 19.9 Å². The normalized spacial score (nSPS) is 10.3. The van der Waals surface area contributed by atoms with E-state index in [0.29, 0.717) is 6.61 Å². The van der Waals surface area contributed by atoms with Crippen molar-refractivity contribution in [2.24, 2.45) is 0 Å². The molecule has 1 aromatic heterocycles. The topological polar surface area (TPSA) is 50.4 Å². The second kappa shape index (κ2) is 8.85. The molecule has 2 N–H and O–H groups in total. The van der Waals surface area contributed by atoms with Gasteiger partial charge in [-0.2, -0.15) is 0 Å². The highest BCUT2D eigenvalue weighted by molar-refractivity contribution is 7.10. The van der Waals surface area contributed by atoms with Crippen LogP contribution >= 0.6 is 11.3 Å². The first kappa shape index (κ1) is 14.9. The summed E-state index contributed by atoms with van der Waals surface area (Å²) in [6.45, 7) is 8.11. The minimum absolute atomic E-state index is 0.0394. The van der Waals surface area contributed by atoms with Gasteiger partial charge in [-0.15, -0.1) is 17.9 Å². The van der Waals surface area contributed by atoms with Crippen molar-refractivity contribution >= 4 is 22.9 Å². The van der Waals surface area contributed by atoms with Crippen LogP contribution in [0.3, 0.4) is 0 Å². The minimum Gasteiger partial charge on any atom is -0.380 e. The highest BCUT2D eigenvalue weighted by Gasteiger charge is 2.04. The lowest BCUT2D eigenvalue weighted by atomic mass is 10.3. The number of hydrogen-bond acceptors (Lipinski definition) is 4. The molecule has 0 spiro atoms. The molecule has 0 aliphatic heterocycles. The van der Waals surface area contributed by atoms with E-state index >= 15 is 0 Å². The van der Waals surface area contributed by atoms with Gasteiger partial charge in [-0.3, -0.25) is 4.79 Å². The van der Waals surface area contributed by atoms with Crippen molar-refractivity contribution in [3.63, 3.8) is 0 Å². The molecule has 1 amide bonds. The summed E-state index contributed by atoms with van der Waals surface area (Å²) in [7, 11) is 0. The lowest BCUT2D eigenvalue weighted by Gasteiger charge is -2.06. The number of ether oxygens (including phenoxy) is 1. The van der Waals surface area contributed by atoms with Gasteiger partial charge in [0.05, 0.1) is 18.9 Å². The molecule has 0 saturated heterocycles. The van der Waals surface area contributed by atoms with Crippen molar-refractivity contribution in [1.82, 2.24) is 5.32 Å². The van der Waals surface area contributed by atoms with Gasteiger partial charge < -0.3 is 15.4 Å². The zero-order valence-corrected chi connectivity index (χ0v) is 11.5. The summed E-state index contributed by atoms with van der Waals surface area (Å²) in [6, 6.07) is 1.92. The lowest BCUT2D eigenvalue weighted by Crippen LogP contribution is -2.19. The van der Waals surface area contributed by atoms with Crippen LogP contribution in [0.15, 0.2) is 24.1 Å². The van der Waals surface area contributed by atoms with Gasteiger partial charge in [-0.05, 0) is 17.9 Å². The first-order chi connectivity index (χ1) is 8.74. The number of amides is 1. The van der Waals surface area contributed by atoms with E-state index in [4.69, 9.17) is 4.74 Å². The van der Waals surface area contributed by atoms with Crippen LogP contribution in [0.1, 0.15) is 18.2 Å². The highest BCUT2D eigenvalue weighted by Crippen LogP contribution is 2.21. The summed E-state index contributed by atoms with van der Waals surface area (Å²) in [5.41, 5.74) is 0.896. The van der Waals surface area contributed by atoms with E-state index in [0.717, 1.165) is 36.7 Å². The van der Waals surface area contributed by atoms with Crippen molar-refractivity contribution in [2.75, 3.05) is 25.1 Å². The van der Waals surface area contributed by atoms with Crippen molar-refractivity contribution in [3.05, 3.63) is 29.0 Å².